The molecule has 6 nitrogen and oxygen atoms in total. The summed E-state index contributed by atoms with van der Waals surface area (Å²) in [5, 5.41) is 0. The van der Waals surface area contributed by atoms with Crippen molar-refractivity contribution in [2.75, 3.05) is 31.1 Å². The lowest BCUT2D eigenvalue weighted by Crippen LogP contribution is -2.53. The van der Waals surface area contributed by atoms with E-state index in [1.165, 1.54) is 17.5 Å². The van der Waals surface area contributed by atoms with Gasteiger partial charge in [0.25, 0.3) is 11.8 Å². The molecular formula is C25H28N2O4. The molecular weight excluding hydrogens is 392 g/mol. The molecule has 3 aliphatic rings. The minimum atomic E-state index is -0.683. The fourth-order valence-corrected chi connectivity index (χ4v) is 4.78. The molecule has 162 valence electrons. The number of hydrogen-bond donors (Lipinski definition) is 0. The van der Waals surface area contributed by atoms with Gasteiger partial charge in [-0.15, -0.1) is 0 Å². The third-order valence-electron chi connectivity index (χ3n) is 6.45. The Bertz CT molecular complexity index is 983. The van der Waals surface area contributed by atoms with Gasteiger partial charge in [-0.1, -0.05) is 18.2 Å². The maximum atomic E-state index is 13.1. The number of rotatable bonds is 4. The van der Waals surface area contributed by atoms with Gasteiger partial charge in [0.2, 0.25) is 0 Å². The predicted molar refractivity (Wildman–Crippen MR) is 118 cm³/mol. The van der Waals surface area contributed by atoms with Crippen LogP contribution >= 0.6 is 0 Å². The molecule has 0 aromatic heterocycles. The highest BCUT2D eigenvalue weighted by atomic mass is 16.5. The lowest BCUT2D eigenvalue weighted by atomic mass is 10.1. The van der Waals surface area contributed by atoms with E-state index in [0.717, 1.165) is 50.9 Å². The molecule has 2 amide bonds. The summed E-state index contributed by atoms with van der Waals surface area (Å²) in [5.74, 6) is 1.07. The molecule has 0 spiro atoms. The summed E-state index contributed by atoms with van der Waals surface area (Å²) in [4.78, 5) is 29.7. The quantitative estimate of drug-likeness (QED) is 0.761. The SMILES string of the molecule is O=C([C@H]1CN(C(=O)COc2ccc3c(c2)CCC3)c2ccccc2O1)N1CCCCC1. The summed E-state index contributed by atoms with van der Waals surface area (Å²) >= 11 is 0. The number of carbonyl (C=O) groups is 2. The summed E-state index contributed by atoms with van der Waals surface area (Å²) in [7, 11) is 0. The Morgan fingerprint density at radius 3 is 2.65 bits per heavy atom. The minimum Gasteiger partial charge on any atom is -0.484 e. The van der Waals surface area contributed by atoms with Gasteiger partial charge in [-0.25, -0.2) is 0 Å². The Morgan fingerprint density at radius 2 is 1.77 bits per heavy atom. The van der Waals surface area contributed by atoms with Gasteiger partial charge >= 0.3 is 0 Å². The zero-order chi connectivity index (χ0) is 21.2. The monoisotopic (exact) mass is 420 g/mol. The molecule has 1 fully saturated rings. The van der Waals surface area contributed by atoms with Gasteiger partial charge in [-0.05, 0) is 73.9 Å². The molecule has 1 atom stereocenters. The number of amides is 2. The second kappa shape index (κ2) is 8.61. The van der Waals surface area contributed by atoms with Crippen molar-refractivity contribution in [2.45, 2.75) is 44.6 Å². The van der Waals surface area contributed by atoms with Crippen molar-refractivity contribution in [1.29, 1.82) is 0 Å². The third kappa shape index (κ3) is 4.11. The summed E-state index contributed by atoms with van der Waals surface area (Å²) in [6.45, 7) is 1.65. The fraction of sp³-hybridized carbons (Fsp3) is 0.440. The van der Waals surface area contributed by atoms with E-state index in [1.807, 2.05) is 41.3 Å². The number of hydrogen-bond acceptors (Lipinski definition) is 4. The third-order valence-corrected chi connectivity index (χ3v) is 6.45. The van der Waals surface area contributed by atoms with E-state index in [4.69, 9.17) is 9.47 Å². The Morgan fingerprint density at radius 1 is 0.968 bits per heavy atom. The van der Waals surface area contributed by atoms with E-state index in [9.17, 15) is 9.59 Å². The first kappa shape index (κ1) is 19.9. The zero-order valence-electron chi connectivity index (χ0n) is 17.7. The van der Waals surface area contributed by atoms with Gasteiger partial charge < -0.3 is 19.3 Å². The van der Waals surface area contributed by atoms with Crippen LogP contribution in [0, 0.1) is 0 Å². The topological polar surface area (TPSA) is 59.1 Å². The van der Waals surface area contributed by atoms with Crippen LogP contribution < -0.4 is 14.4 Å². The van der Waals surface area contributed by atoms with E-state index in [1.54, 1.807) is 4.90 Å². The summed E-state index contributed by atoms with van der Waals surface area (Å²) in [5.41, 5.74) is 3.38. The lowest BCUT2D eigenvalue weighted by molar-refractivity contribution is -0.139. The number of fused-ring (bicyclic) bond motifs is 2. The molecule has 0 unspecified atom stereocenters. The van der Waals surface area contributed by atoms with Crippen LogP contribution in [0.4, 0.5) is 5.69 Å². The maximum Gasteiger partial charge on any atom is 0.265 e. The Balaban J connectivity index is 1.30. The number of nitrogens with zero attached hydrogens (tertiary/aromatic N) is 2. The predicted octanol–water partition coefficient (Wildman–Crippen LogP) is 3.36. The van der Waals surface area contributed by atoms with E-state index in [-0.39, 0.29) is 25.0 Å². The number of benzene rings is 2. The van der Waals surface area contributed by atoms with Crippen LogP contribution in [-0.4, -0.2) is 49.1 Å². The number of aryl methyl sites for hydroxylation is 2. The van der Waals surface area contributed by atoms with Crippen molar-refractivity contribution < 1.29 is 19.1 Å². The van der Waals surface area contributed by atoms with Crippen molar-refractivity contribution in [3.05, 3.63) is 53.6 Å². The molecule has 2 aromatic carbocycles. The number of anilines is 1. The number of carbonyl (C=O) groups excluding carboxylic acids is 2. The largest absolute Gasteiger partial charge is 0.484 e. The first-order valence-electron chi connectivity index (χ1n) is 11.3. The van der Waals surface area contributed by atoms with Crippen molar-refractivity contribution in [3.63, 3.8) is 0 Å². The number of para-hydroxylation sites is 2. The number of piperidine rings is 1. The molecule has 2 aliphatic heterocycles. The smallest absolute Gasteiger partial charge is 0.265 e. The molecule has 0 radical (unpaired) electrons. The maximum absolute atomic E-state index is 13.1. The van der Waals surface area contributed by atoms with Gasteiger partial charge in [-0.3, -0.25) is 9.59 Å². The molecule has 1 aliphatic carbocycles. The van der Waals surface area contributed by atoms with Gasteiger partial charge in [0.1, 0.15) is 11.5 Å². The van der Waals surface area contributed by atoms with E-state index >= 15 is 0 Å². The lowest BCUT2D eigenvalue weighted by Gasteiger charge is -2.37. The zero-order valence-corrected chi connectivity index (χ0v) is 17.7. The molecule has 5 rings (SSSR count). The van der Waals surface area contributed by atoms with Crippen LogP contribution in [0.2, 0.25) is 0 Å². The van der Waals surface area contributed by atoms with Crippen LogP contribution in [0.3, 0.4) is 0 Å². The van der Waals surface area contributed by atoms with Crippen molar-refractivity contribution in [1.82, 2.24) is 4.90 Å². The molecule has 2 heterocycles. The minimum absolute atomic E-state index is 0.0356. The second-order valence-corrected chi connectivity index (χ2v) is 8.54. The molecule has 6 heteroatoms. The van der Waals surface area contributed by atoms with Gasteiger partial charge in [0, 0.05) is 13.1 Å². The Hall–Kier alpha value is -3.02. The molecule has 0 saturated carbocycles. The molecule has 2 aromatic rings. The van der Waals surface area contributed by atoms with Crippen LogP contribution in [0.25, 0.3) is 0 Å². The van der Waals surface area contributed by atoms with Crippen LogP contribution in [0.15, 0.2) is 42.5 Å². The van der Waals surface area contributed by atoms with Crippen molar-refractivity contribution >= 4 is 17.5 Å². The van der Waals surface area contributed by atoms with Gasteiger partial charge in [0.15, 0.2) is 12.7 Å². The molecule has 1 saturated heterocycles. The highest BCUT2D eigenvalue weighted by Crippen LogP contribution is 2.34. The Labute approximate surface area is 182 Å². The van der Waals surface area contributed by atoms with Gasteiger partial charge in [0.05, 0.1) is 12.2 Å². The van der Waals surface area contributed by atoms with E-state index < -0.39 is 6.10 Å². The highest BCUT2D eigenvalue weighted by Gasteiger charge is 2.36. The van der Waals surface area contributed by atoms with Gasteiger partial charge in [-0.2, -0.15) is 0 Å². The van der Waals surface area contributed by atoms with Crippen LogP contribution in [-0.2, 0) is 22.4 Å². The number of ether oxygens (including phenoxy) is 2. The summed E-state index contributed by atoms with van der Waals surface area (Å²) in [6.07, 6.45) is 5.87. The number of likely N-dealkylation sites (tertiary alicyclic amines) is 1. The molecule has 31 heavy (non-hydrogen) atoms. The summed E-state index contributed by atoms with van der Waals surface area (Å²) in [6, 6.07) is 13.5. The van der Waals surface area contributed by atoms with Crippen LogP contribution in [0.1, 0.15) is 36.8 Å². The average molecular weight is 421 g/mol. The first-order chi connectivity index (χ1) is 15.2. The average Bonchev–Trinajstić information content (AvgIpc) is 3.30. The van der Waals surface area contributed by atoms with Crippen LogP contribution in [0.5, 0.6) is 11.5 Å². The van der Waals surface area contributed by atoms with E-state index in [2.05, 4.69) is 6.07 Å². The standard InChI is InChI=1S/C25H28N2O4/c28-24(17-30-20-12-11-18-7-6-8-19(18)15-20)27-16-23(25(29)26-13-4-1-5-14-26)31-22-10-3-2-9-21(22)27/h2-3,9-12,15,23H,1,4-8,13-14,16-17H2/t23-/m1/s1. The first-order valence-corrected chi connectivity index (χ1v) is 11.3. The Kier molecular flexibility index (Phi) is 5.53. The van der Waals surface area contributed by atoms with Crippen molar-refractivity contribution in [3.8, 4) is 11.5 Å². The highest BCUT2D eigenvalue weighted by molar-refractivity contribution is 5.98. The molecule has 0 bridgehead atoms. The van der Waals surface area contributed by atoms with Crippen molar-refractivity contribution in [2.24, 2.45) is 0 Å². The summed E-state index contributed by atoms with van der Waals surface area (Å²) < 4.78 is 11.9. The van der Waals surface area contributed by atoms with E-state index in [0.29, 0.717) is 11.4 Å². The fourth-order valence-electron chi connectivity index (χ4n) is 4.78. The normalized spacial score (nSPS) is 19.9. The molecule has 0 N–H and O–H groups in total. The second-order valence-electron chi connectivity index (χ2n) is 8.54.